The third kappa shape index (κ3) is 2.73. The average molecular weight is 325 g/mol. The van der Waals surface area contributed by atoms with Crippen LogP contribution in [0.3, 0.4) is 0 Å². The first-order valence-electron chi connectivity index (χ1n) is 7.47. The lowest BCUT2D eigenvalue weighted by Crippen LogP contribution is -2.54. The monoisotopic (exact) mass is 325 g/mol. The van der Waals surface area contributed by atoms with Gasteiger partial charge in [-0.3, -0.25) is 10.1 Å². The normalized spacial score (nSPS) is 26.4. The molecule has 2 fully saturated rings. The first-order valence-corrected chi connectivity index (χ1v) is 8.91. The van der Waals surface area contributed by atoms with Gasteiger partial charge in [-0.15, -0.1) is 0 Å². The minimum Gasteiger partial charge on any atom is -0.316 e. The van der Waals surface area contributed by atoms with E-state index in [1.165, 1.54) is 24.3 Å². The molecule has 0 bridgehead atoms. The van der Waals surface area contributed by atoms with E-state index in [-0.39, 0.29) is 16.6 Å². The fourth-order valence-electron chi connectivity index (χ4n) is 3.43. The molecule has 1 aromatic carbocycles. The predicted octanol–water partition coefficient (Wildman–Crippen LogP) is 1.36. The Balaban J connectivity index is 1.89. The van der Waals surface area contributed by atoms with E-state index >= 15 is 0 Å². The number of nitro benzene ring substituents is 1. The lowest BCUT2D eigenvalue weighted by molar-refractivity contribution is -0.384. The minimum absolute atomic E-state index is 0.0372. The lowest BCUT2D eigenvalue weighted by Gasteiger charge is -2.43. The molecule has 7 nitrogen and oxygen atoms in total. The van der Waals surface area contributed by atoms with E-state index in [1.54, 1.807) is 4.31 Å². The summed E-state index contributed by atoms with van der Waals surface area (Å²) < 4.78 is 27.3. The van der Waals surface area contributed by atoms with E-state index in [4.69, 9.17) is 0 Å². The smallest absolute Gasteiger partial charge is 0.269 e. The number of nitro groups is 1. The third-order valence-corrected chi connectivity index (χ3v) is 6.48. The Morgan fingerprint density at radius 1 is 1.23 bits per heavy atom. The van der Waals surface area contributed by atoms with Gasteiger partial charge in [0.25, 0.3) is 5.69 Å². The van der Waals surface area contributed by atoms with Crippen LogP contribution >= 0.6 is 0 Å². The first kappa shape index (κ1) is 15.4. The van der Waals surface area contributed by atoms with Gasteiger partial charge in [0.15, 0.2) is 0 Å². The molecule has 0 spiro atoms. The highest BCUT2D eigenvalue weighted by atomic mass is 32.2. The summed E-state index contributed by atoms with van der Waals surface area (Å²) in [4.78, 5) is 10.3. The van der Waals surface area contributed by atoms with Crippen molar-refractivity contribution in [2.75, 3.05) is 19.6 Å². The number of rotatable bonds is 3. The second-order valence-corrected chi connectivity index (χ2v) is 7.72. The molecule has 8 heteroatoms. The molecule has 2 unspecified atom stereocenters. The van der Waals surface area contributed by atoms with Crippen LogP contribution in [-0.2, 0) is 10.0 Å². The number of benzene rings is 1. The van der Waals surface area contributed by atoms with Crippen molar-refractivity contribution >= 4 is 15.7 Å². The minimum atomic E-state index is -3.59. The van der Waals surface area contributed by atoms with E-state index in [0.29, 0.717) is 12.5 Å². The maximum absolute atomic E-state index is 12.9. The van der Waals surface area contributed by atoms with Crippen LogP contribution in [0.25, 0.3) is 0 Å². The summed E-state index contributed by atoms with van der Waals surface area (Å²) >= 11 is 0. The van der Waals surface area contributed by atoms with Crippen LogP contribution in [0.15, 0.2) is 29.2 Å². The summed E-state index contributed by atoms with van der Waals surface area (Å²) in [6.45, 7) is 2.21. The largest absolute Gasteiger partial charge is 0.316 e. The number of nitrogens with zero attached hydrogens (tertiary/aromatic N) is 2. The van der Waals surface area contributed by atoms with Crippen molar-refractivity contribution in [3.05, 3.63) is 34.4 Å². The molecule has 1 aromatic rings. The van der Waals surface area contributed by atoms with E-state index in [9.17, 15) is 18.5 Å². The summed E-state index contributed by atoms with van der Waals surface area (Å²) in [5.41, 5.74) is -0.0997. The van der Waals surface area contributed by atoms with Gasteiger partial charge in [0.1, 0.15) is 0 Å². The number of sulfonamides is 1. The zero-order valence-corrected chi connectivity index (χ0v) is 13.0. The number of non-ortho nitro benzene ring substituents is 1. The molecule has 2 saturated heterocycles. The van der Waals surface area contributed by atoms with Crippen molar-refractivity contribution in [1.82, 2.24) is 9.62 Å². The number of hydrogen-bond donors (Lipinski definition) is 1. The molecule has 0 amide bonds. The van der Waals surface area contributed by atoms with Crippen molar-refractivity contribution in [2.45, 2.75) is 30.2 Å². The van der Waals surface area contributed by atoms with Crippen molar-refractivity contribution in [3.8, 4) is 0 Å². The molecule has 2 heterocycles. The van der Waals surface area contributed by atoms with Crippen molar-refractivity contribution in [1.29, 1.82) is 0 Å². The van der Waals surface area contributed by atoms with Crippen LogP contribution in [0.5, 0.6) is 0 Å². The van der Waals surface area contributed by atoms with E-state index in [0.717, 1.165) is 32.4 Å². The molecule has 1 N–H and O–H groups in total. The number of hydrogen-bond acceptors (Lipinski definition) is 5. The second-order valence-electron chi connectivity index (χ2n) is 5.83. The zero-order valence-electron chi connectivity index (χ0n) is 12.1. The summed E-state index contributed by atoms with van der Waals surface area (Å²) in [6.07, 6.45) is 2.72. The fraction of sp³-hybridized carbons (Fsp3) is 0.571. The highest BCUT2D eigenvalue weighted by molar-refractivity contribution is 7.89. The average Bonchev–Trinajstić information content (AvgIpc) is 2.54. The van der Waals surface area contributed by atoms with Crippen LogP contribution in [0.2, 0.25) is 0 Å². The lowest BCUT2D eigenvalue weighted by atomic mass is 9.86. The molecule has 0 saturated carbocycles. The fourth-order valence-corrected chi connectivity index (χ4v) is 5.19. The number of piperidine rings is 2. The van der Waals surface area contributed by atoms with E-state index in [1.807, 2.05) is 0 Å². The van der Waals surface area contributed by atoms with Gasteiger partial charge < -0.3 is 5.32 Å². The molecule has 2 aliphatic rings. The summed E-state index contributed by atoms with van der Waals surface area (Å²) in [6, 6.07) is 5.19. The van der Waals surface area contributed by atoms with Gasteiger partial charge in [-0.25, -0.2) is 8.42 Å². The van der Waals surface area contributed by atoms with Crippen LogP contribution < -0.4 is 5.32 Å². The van der Waals surface area contributed by atoms with Gasteiger partial charge in [-0.2, -0.15) is 4.31 Å². The molecule has 3 rings (SSSR count). The van der Waals surface area contributed by atoms with Crippen LogP contribution in [0.1, 0.15) is 19.3 Å². The van der Waals surface area contributed by atoms with E-state index in [2.05, 4.69) is 5.32 Å². The third-order valence-electron chi connectivity index (χ3n) is 4.55. The second kappa shape index (κ2) is 5.94. The molecule has 0 aromatic heterocycles. The standard InChI is InChI=1S/C14H19N3O4S/c18-17(19)12-3-5-13(6-4-12)22(20,21)16-9-1-2-11-10-15-8-7-14(11)16/h3-6,11,14-15H,1-2,7-10H2. The van der Waals surface area contributed by atoms with E-state index < -0.39 is 14.9 Å². The van der Waals surface area contributed by atoms with Gasteiger partial charge in [0, 0.05) is 24.7 Å². The van der Waals surface area contributed by atoms with Crippen LogP contribution in [-0.4, -0.2) is 43.3 Å². The Kier molecular flexibility index (Phi) is 4.16. The number of nitrogens with one attached hydrogen (secondary N) is 1. The summed E-state index contributed by atoms with van der Waals surface area (Å²) in [5.74, 6) is 0.357. The van der Waals surface area contributed by atoms with Crippen LogP contribution in [0, 0.1) is 16.0 Å². The Morgan fingerprint density at radius 3 is 2.64 bits per heavy atom. The Morgan fingerprint density at radius 2 is 1.95 bits per heavy atom. The Bertz CT molecular complexity index is 657. The molecule has 2 aliphatic heterocycles. The predicted molar refractivity (Wildman–Crippen MR) is 81.0 cm³/mol. The molecule has 2 atom stereocenters. The maximum Gasteiger partial charge on any atom is 0.269 e. The molecule has 0 aliphatic carbocycles. The highest BCUT2D eigenvalue weighted by Crippen LogP contribution is 2.32. The van der Waals surface area contributed by atoms with Crippen LogP contribution in [0.4, 0.5) is 5.69 Å². The number of fused-ring (bicyclic) bond motifs is 1. The Labute approximate surface area is 129 Å². The quantitative estimate of drug-likeness (QED) is 0.669. The van der Waals surface area contributed by atoms with Crippen molar-refractivity contribution in [3.63, 3.8) is 0 Å². The zero-order chi connectivity index (χ0) is 15.7. The molecular weight excluding hydrogens is 306 g/mol. The van der Waals surface area contributed by atoms with Crippen molar-refractivity contribution < 1.29 is 13.3 Å². The van der Waals surface area contributed by atoms with Crippen molar-refractivity contribution in [2.24, 2.45) is 5.92 Å². The summed E-state index contributed by atoms with van der Waals surface area (Å²) in [7, 11) is -3.59. The molecule has 120 valence electrons. The maximum atomic E-state index is 12.9. The summed E-state index contributed by atoms with van der Waals surface area (Å²) in [5, 5.41) is 14.0. The molecular formula is C14H19N3O4S. The van der Waals surface area contributed by atoms with Gasteiger partial charge >= 0.3 is 0 Å². The first-order chi connectivity index (χ1) is 10.5. The molecule has 0 radical (unpaired) electrons. The topological polar surface area (TPSA) is 92.5 Å². The SMILES string of the molecule is O=[N+]([O-])c1ccc(S(=O)(=O)N2CCCC3CNCCC32)cc1. The van der Waals surface area contributed by atoms with Gasteiger partial charge in [-0.1, -0.05) is 0 Å². The highest BCUT2D eigenvalue weighted by Gasteiger charge is 2.39. The van der Waals surface area contributed by atoms with Gasteiger partial charge in [0.05, 0.1) is 9.82 Å². The Hall–Kier alpha value is -1.51. The van der Waals surface area contributed by atoms with Gasteiger partial charge in [0.2, 0.25) is 10.0 Å². The van der Waals surface area contributed by atoms with Gasteiger partial charge in [-0.05, 0) is 50.4 Å². The molecule has 22 heavy (non-hydrogen) atoms.